The molecular formula is C15H19N3O2S. The lowest BCUT2D eigenvalue weighted by molar-refractivity contribution is 0.593. The molecule has 0 fully saturated rings. The Hall–Kier alpha value is -1.92. The Balaban J connectivity index is 2.07. The number of nitrogens with zero attached hydrogens (tertiary/aromatic N) is 2. The van der Waals surface area contributed by atoms with Crippen molar-refractivity contribution in [2.45, 2.75) is 13.0 Å². The fourth-order valence-electron chi connectivity index (χ4n) is 1.92. The average Bonchev–Trinajstić information content (AvgIpc) is 2.53. The van der Waals surface area contributed by atoms with Gasteiger partial charge in [-0.15, -0.1) is 0 Å². The summed E-state index contributed by atoms with van der Waals surface area (Å²) >= 11 is 0. The van der Waals surface area contributed by atoms with Crippen LogP contribution in [0.2, 0.25) is 0 Å². The predicted octanol–water partition coefficient (Wildman–Crippen LogP) is 1.55. The largest absolute Gasteiger partial charge is 0.326 e. The number of aryl methyl sites for hydroxylation is 1. The first-order chi connectivity index (χ1) is 10.0. The molecule has 6 heteroatoms. The Bertz CT molecular complexity index is 670. The molecule has 0 saturated heterocycles. The summed E-state index contributed by atoms with van der Waals surface area (Å²) in [7, 11) is -1.81. The molecule has 0 saturated carbocycles. The van der Waals surface area contributed by atoms with Gasteiger partial charge in [-0.25, -0.2) is 8.42 Å². The maximum absolute atomic E-state index is 12.3. The van der Waals surface area contributed by atoms with Gasteiger partial charge in [0, 0.05) is 31.9 Å². The van der Waals surface area contributed by atoms with E-state index in [2.05, 4.69) is 4.98 Å². The van der Waals surface area contributed by atoms with Crippen molar-refractivity contribution in [3.8, 4) is 0 Å². The fourth-order valence-corrected chi connectivity index (χ4v) is 3.10. The second-order valence-corrected chi connectivity index (χ2v) is 6.84. The van der Waals surface area contributed by atoms with Crippen molar-refractivity contribution < 1.29 is 8.42 Å². The fraction of sp³-hybridized carbons (Fsp3) is 0.267. The van der Waals surface area contributed by atoms with Crippen LogP contribution in [0.5, 0.6) is 0 Å². The van der Waals surface area contributed by atoms with Gasteiger partial charge in [0.15, 0.2) is 0 Å². The monoisotopic (exact) mass is 305 g/mol. The maximum atomic E-state index is 12.3. The molecule has 0 unspecified atom stereocenters. The van der Waals surface area contributed by atoms with Crippen molar-refractivity contribution in [3.63, 3.8) is 0 Å². The summed E-state index contributed by atoms with van der Waals surface area (Å²) < 4.78 is 26.0. The number of hydrogen-bond acceptors (Lipinski definition) is 4. The van der Waals surface area contributed by atoms with Crippen LogP contribution in [0.4, 0.5) is 5.69 Å². The summed E-state index contributed by atoms with van der Waals surface area (Å²) in [5.74, 6) is 0.0269. The van der Waals surface area contributed by atoms with Gasteiger partial charge in [0.05, 0.1) is 11.4 Å². The van der Waals surface area contributed by atoms with Gasteiger partial charge < -0.3 is 5.73 Å². The van der Waals surface area contributed by atoms with E-state index in [-0.39, 0.29) is 5.75 Å². The summed E-state index contributed by atoms with van der Waals surface area (Å²) in [6.45, 7) is 0.441. The van der Waals surface area contributed by atoms with Crippen LogP contribution in [0.15, 0.2) is 48.7 Å². The van der Waals surface area contributed by atoms with Gasteiger partial charge in [-0.05, 0) is 29.8 Å². The normalized spacial score (nSPS) is 11.3. The van der Waals surface area contributed by atoms with E-state index in [4.69, 9.17) is 5.73 Å². The third-order valence-electron chi connectivity index (χ3n) is 3.30. The molecule has 0 aliphatic heterocycles. The van der Waals surface area contributed by atoms with Gasteiger partial charge in [-0.3, -0.25) is 9.29 Å². The number of anilines is 1. The van der Waals surface area contributed by atoms with Gasteiger partial charge in [-0.1, -0.05) is 18.2 Å². The highest BCUT2D eigenvalue weighted by Crippen LogP contribution is 2.17. The number of rotatable bonds is 6. The molecule has 0 bridgehead atoms. The zero-order valence-electron chi connectivity index (χ0n) is 11.9. The summed E-state index contributed by atoms with van der Waals surface area (Å²) in [6.07, 6.45) is 2.06. The van der Waals surface area contributed by atoms with E-state index in [1.807, 2.05) is 30.3 Å². The average molecular weight is 305 g/mol. The van der Waals surface area contributed by atoms with E-state index in [0.717, 1.165) is 11.3 Å². The van der Waals surface area contributed by atoms with Gasteiger partial charge >= 0.3 is 0 Å². The van der Waals surface area contributed by atoms with E-state index in [1.165, 1.54) is 4.31 Å². The Morgan fingerprint density at radius 3 is 2.43 bits per heavy atom. The smallest absolute Gasteiger partial charge is 0.235 e. The highest BCUT2D eigenvalue weighted by molar-refractivity contribution is 7.92. The first-order valence-electron chi connectivity index (χ1n) is 6.68. The minimum Gasteiger partial charge on any atom is -0.326 e. The number of aromatic nitrogens is 1. The van der Waals surface area contributed by atoms with E-state index in [1.54, 1.807) is 25.4 Å². The maximum Gasteiger partial charge on any atom is 0.235 e. The highest BCUT2D eigenvalue weighted by Gasteiger charge is 2.18. The van der Waals surface area contributed by atoms with Crippen molar-refractivity contribution in [2.75, 3.05) is 17.1 Å². The van der Waals surface area contributed by atoms with Crippen molar-refractivity contribution in [3.05, 3.63) is 59.9 Å². The standard InChI is InChI=1S/C15H19N3O2S/c1-18(15-7-5-13(12-16)6-8-15)21(19,20)11-9-14-4-2-3-10-17-14/h2-8,10H,9,11-12,16H2,1H3. The third-order valence-corrected chi connectivity index (χ3v) is 5.06. The Labute approximate surface area is 125 Å². The molecule has 1 heterocycles. The van der Waals surface area contributed by atoms with Crippen LogP contribution in [0, 0.1) is 0 Å². The molecule has 2 rings (SSSR count). The summed E-state index contributed by atoms with van der Waals surface area (Å²) in [5.41, 5.74) is 7.91. The lowest BCUT2D eigenvalue weighted by Crippen LogP contribution is -2.29. The second kappa shape index (κ2) is 6.69. The number of nitrogens with two attached hydrogens (primary N) is 1. The molecule has 2 aromatic rings. The Morgan fingerprint density at radius 2 is 1.86 bits per heavy atom. The van der Waals surface area contributed by atoms with Crippen LogP contribution in [-0.2, 0) is 23.0 Å². The minimum absolute atomic E-state index is 0.0269. The molecule has 0 aliphatic carbocycles. The van der Waals surface area contributed by atoms with Crippen LogP contribution in [0.25, 0.3) is 0 Å². The second-order valence-electron chi connectivity index (χ2n) is 4.73. The van der Waals surface area contributed by atoms with Gasteiger partial charge in [0.1, 0.15) is 0 Å². The molecule has 0 amide bonds. The molecule has 21 heavy (non-hydrogen) atoms. The zero-order chi connectivity index (χ0) is 15.3. The SMILES string of the molecule is CN(c1ccc(CN)cc1)S(=O)(=O)CCc1ccccn1. The molecular weight excluding hydrogens is 286 g/mol. The Morgan fingerprint density at radius 1 is 1.14 bits per heavy atom. The van der Waals surface area contributed by atoms with Crippen LogP contribution in [0.3, 0.4) is 0 Å². The lowest BCUT2D eigenvalue weighted by atomic mass is 10.2. The van der Waals surface area contributed by atoms with Crippen molar-refractivity contribution in [1.29, 1.82) is 0 Å². The summed E-state index contributed by atoms with van der Waals surface area (Å²) in [6, 6.07) is 12.7. The molecule has 1 aromatic carbocycles. The van der Waals surface area contributed by atoms with Crippen LogP contribution in [-0.4, -0.2) is 26.2 Å². The number of benzene rings is 1. The predicted molar refractivity (Wildman–Crippen MR) is 84.5 cm³/mol. The third kappa shape index (κ3) is 4.03. The quantitative estimate of drug-likeness (QED) is 0.878. The van der Waals surface area contributed by atoms with Gasteiger partial charge in [0.25, 0.3) is 0 Å². The highest BCUT2D eigenvalue weighted by atomic mass is 32.2. The first-order valence-corrected chi connectivity index (χ1v) is 8.29. The van der Waals surface area contributed by atoms with Gasteiger partial charge in [0.2, 0.25) is 10.0 Å². The van der Waals surface area contributed by atoms with Crippen LogP contribution in [0.1, 0.15) is 11.3 Å². The molecule has 2 N–H and O–H groups in total. The molecule has 1 aromatic heterocycles. The topological polar surface area (TPSA) is 76.3 Å². The van der Waals surface area contributed by atoms with Crippen molar-refractivity contribution in [1.82, 2.24) is 4.98 Å². The van der Waals surface area contributed by atoms with E-state index >= 15 is 0 Å². The minimum atomic E-state index is -3.37. The number of hydrogen-bond donors (Lipinski definition) is 1. The lowest BCUT2D eigenvalue weighted by Gasteiger charge is -2.19. The molecule has 5 nitrogen and oxygen atoms in total. The Kier molecular flexibility index (Phi) is 4.93. The molecule has 0 spiro atoms. The van der Waals surface area contributed by atoms with Crippen molar-refractivity contribution >= 4 is 15.7 Å². The van der Waals surface area contributed by atoms with E-state index in [9.17, 15) is 8.42 Å². The van der Waals surface area contributed by atoms with Crippen molar-refractivity contribution in [2.24, 2.45) is 5.73 Å². The zero-order valence-corrected chi connectivity index (χ0v) is 12.8. The van der Waals surface area contributed by atoms with E-state index in [0.29, 0.717) is 18.7 Å². The molecule has 112 valence electrons. The molecule has 0 radical (unpaired) electrons. The molecule has 0 aliphatic rings. The first kappa shape index (κ1) is 15.5. The number of pyridine rings is 1. The van der Waals surface area contributed by atoms with Gasteiger partial charge in [-0.2, -0.15) is 0 Å². The summed E-state index contributed by atoms with van der Waals surface area (Å²) in [5, 5.41) is 0. The van der Waals surface area contributed by atoms with E-state index < -0.39 is 10.0 Å². The molecule has 0 atom stereocenters. The van der Waals surface area contributed by atoms with Crippen LogP contribution >= 0.6 is 0 Å². The summed E-state index contributed by atoms with van der Waals surface area (Å²) in [4.78, 5) is 4.14. The van der Waals surface area contributed by atoms with Crippen LogP contribution < -0.4 is 10.0 Å². The number of sulfonamides is 1.